The number of rotatable bonds is 4. The van der Waals surface area contributed by atoms with Crippen molar-refractivity contribution in [3.63, 3.8) is 0 Å². The Bertz CT molecular complexity index is 1040. The van der Waals surface area contributed by atoms with Gasteiger partial charge in [-0.2, -0.15) is 5.10 Å². The largest absolute Gasteiger partial charge is 0.346 e. The van der Waals surface area contributed by atoms with Crippen molar-refractivity contribution in [2.45, 2.75) is 13.5 Å². The average molecular weight is 333 g/mol. The fourth-order valence-corrected chi connectivity index (χ4v) is 2.68. The molecule has 0 radical (unpaired) electrons. The molecule has 25 heavy (non-hydrogen) atoms. The van der Waals surface area contributed by atoms with Gasteiger partial charge in [-0.15, -0.1) is 0 Å². The first kappa shape index (κ1) is 15.0. The van der Waals surface area contributed by atoms with Gasteiger partial charge in [0.25, 0.3) is 5.91 Å². The Balaban J connectivity index is 1.57. The summed E-state index contributed by atoms with van der Waals surface area (Å²) in [5, 5.41) is 6.99. The van der Waals surface area contributed by atoms with Crippen LogP contribution >= 0.6 is 0 Å². The Morgan fingerprint density at radius 3 is 2.96 bits per heavy atom. The number of hydrogen-bond donors (Lipinski definition) is 1. The van der Waals surface area contributed by atoms with Crippen LogP contribution in [0.15, 0.2) is 55.4 Å². The Morgan fingerprint density at radius 1 is 1.24 bits per heavy atom. The van der Waals surface area contributed by atoms with Crippen LogP contribution in [-0.2, 0) is 6.54 Å². The Kier molecular flexibility index (Phi) is 3.70. The monoisotopic (exact) mass is 333 g/mol. The van der Waals surface area contributed by atoms with Gasteiger partial charge < -0.3 is 9.72 Å². The second kappa shape index (κ2) is 6.16. The normalized spacial score (nSPS) is 10.9. The summed E-state index contributed by atoms with van der Waals surface area (Å²) in [5.41, 5.74) is 2.80. The first-order valence-corrected chi connectivity index (χ1v) is 7.75. The number of aryl methyl sites for hydroxylation is 1. The lowest BCUT2D eigenvalue weighted by Crippen LogP contribution is -2.25. The lowest BCUT2D eigenvalue weighted by molar-refractivity contribution is 0.0946. The van der Waals surface area contributed by atoms with Crippen LogP contribution in [0.3, 0.4) is 0 Å². The smallest absolute Gasteiger partial charge is 0.272 e. The van der Waals surface area contributed by atoms with Crippen LogP contribution in [0.1, 0.15) is 21.7 Å². The van der Waals surface area contributed by atoms with Crippen LogP contribution in [0.2, 0.25) is 0 Å². The Labute approximate surface area is 143 Å². The van der Waals surface area contributed by atoms with Gasteiger partial charge in [0.2, 0.25) is 0 Å². The maximum atomic E-state index is 12.6. The van der Waals surface area contributed by atoms with Gasteiger partial charge in [0.1, 0.15) is 24.0 Å². The molecule has 0 saturated carbocycles. The van der Waals surface area contributed by atoms with Crippen molar-refractivity contribution in [3.8, 4) is 5.82 Å². The lowest BCUT2D eigenvalue weighted by Gasteiger charge is -2.08. The summed E-state index contributed by atoms with van der Waals surface area (Å²) < 4.78 is 3.46. The second-order valence-electron chi connectivity index (χ2n) is 5.48. The average Bonchev–Trinajstić information content (AvgIpc) is 3.29. The van der Waals surface area contributed by atoms with Crippen molar-refractivity contribution in [1.29, 1.82) is 0 Å². The van der Waals surface area contributed by atoms with Gasteiger partial charge in [-0.3, -0.25) is 4.79 Å². The molecule has 124 valence electrons. The van der Waals surface area contributed by atoms with Gasteiger partial charge in [0, 0.05) is 24.5 Å². The number of pyridine rings is 2. The molecule has 0 unspecified atom stereocenters. The minimum absolute atomic E-state index is 0.227. The van der Waals surface area contributed by atoms with E-state index in [2.05, 4.69) is 25.4 Å². The fourth-order valence-electron chi connectivity index (χ4n) is 2.68. The molecule has 0 saturated heterocycles. The van der Waals surface area contributed by atoms with Crippen molar-refractivity contribution in [1.82, 2.24) is 34.4 Å². The van der Waals surface area contributed by atoms with E-state index in [-0.39, 0.29) is 5.91 Å². The number of nitrogens with one attached hydrogen (secondary N) is 1. The molecule has 4 rings (SSSR count). The van der Waals surface area contributed by atoms with Crippen molar-refractivity contribution < 1.29 is 4.79 Å². The molecule has 8 nitrogen and oxygen atoms in total. The SMILES string of the molecule is Cc1c(C(=O)NCc2cccnc2-n2cncn2)nc2ccccn12. The van der Waals surface area contributed by atoms with E-state index in [9.17, 15) is 4.79 Å². The predicted octanol–water partition coefficient (Wildman–Crippen LogP) is 1.55. The molecule has 4 aromatic rings. The van der Waals surface area contributed by atoms with Crippen LogP contribution in [0.4, 0.5) is 0 Å². The summed E-state index contributed by atoms with van der Waals surface area (Å²) >= 11 is 0. The zero-order valence-corrected chi connectivity index (χ0v) is 13.5. The maximum Gasteiger partial charge on any atom is 0.272 e. The number of amides is 1. The van der Waals surface area contributed by atoms with Gasteiger partial charge in [0.15, 0.2) is 5.82 Å². The molecule has 0 fully saturated rings. The third kappa shape index (κ3) is 2.74. The quantitative estimate of drug-likeness (QED) is 0.612. The van der Waals surface area contributed by atoms with Crippen LogP contribution in [0, 0.1) is 6.92 Å². The topological polar surface area (TPSA) is 90.0 Å². The second-order valence-corrected chi connectivity index (χ2v) is 5.48. The highest BCUT2D eigenvalue weighted by molar-refractivity contribution is 5.94. The van der Waals surface area contributed by atoms with E-state index in [4.69, 9.17) is 0 Å². The van der Waals surface area contributed by atoms with Gasteiger partial charge in [-0.05, 0) is 25.1 Å². The van der Waals surface area contributed by atoms with Crippen molar-refractivity contribution in [3.05, 3.63) is 72.3 Å². The Hall–Kier alpha value is -3.55. The number of carbonyl (C=O) groups excluding carboxylic acids is 1. The summed E-state index contributed by atoms with van der Waals surface area (Å²) in [6.45, 7) is 2.19. The van der Waals surface area contributed by atoms with E-state index in [1.165, 1.54) is 6.33 Å². The predicted molar refractivity (Wildman–Crippen MR) is 90.3 cm³/mol. The molecule has 0 spiro atoms. The molecule has 0 aromatic carbocycles. The van der Waals surface area contributed by atoms with Crippen LogP contribution in [-0.4, -0.2) is 35.0 Å². The summed E-state index contributed by atoms with van der Waals surface area (Å²) in [5.74, 6) is 0.404. The molecule has 0 bridgehead atoms. The molecule has 4 aromatic heterocycles. The molecule has 0 aliphatic carbocycles. The van der Waals surface area contributed by atoms with E-state index >= 15 is 0 Å². The Morgan fingerprint density at radius 2 is 2.16 bits per heavy atom. The first-order chi connectivity index (χ1) is 12.2. The van der Waals surface area contributed by atoms with E-state index in [1.807, 2.05) is 47.9 Å². The molecule has 0 atom stereocenters. The molecular weight excluding hydrogens is 318 g/mol. The van der Waals surface area contributed by atoms with E-state index in [0.717, 1.165) is 16.9 Å². The number of carbonyl (C=O) groups is 1. The summed E-state index contributed by atoms with van der Waals surface area (Å²) in [6.07, 6.45) is 6.57. The molecule has 1 N–H and O–H groups in total. The number of hydrogen-bond acceptors (Lipinski definition) is 5. The van der Waals surface area contributed by atoms with Crippen molar-refractivity contribution in [2.75, 3.05) is 0 Å². The molecule has 0 aliphatic heterocycles. The summed E-state index contributed by atoms with van der Waals surface area (Å²) in [4.78, 5) is 25.2. The van der Waals surface area contributed by atoms with E-state index in [1.54, 1.807) is 17.2 Å². The highest BCUT2D eigenvalue weighted by Crippen LogP contribution is 2.13. The minimum Gasteiger partial charge on any atom is -0.346 e. The van der Waals surface area contributed by atoms with Crippen molar-refractivity contribution in [2.24, 2.45) is 0 Å². The minimum atomic E-state index is -0.227. The van der Waals surface area contributed by atoms with Gasteiger partial charge in [-0.1, -0.05) is 12.1 Å². The molecular formula is C17H15N7O. The zero-order chi connectivity index (χ0) is 17.2. The van der Waals surface area contributed by atoms with Gasteiger partial charge >= 0.3 is 0 Å². The number of aromatic nitrogens is 6. The number of fused-ring (bicyclic) bond motifs is 1. The highest BCUT2D eigenvalue weighted by Gasteiger charge is 2.16. The van der Waals surface area contributed by atoms with E-state index in [0.29, 0.717) is 18.1 Å². The fraction of sp³-hybridized carbons (Fsp3) is 0.118. The lowest BCUT2D eigenvalue weighted by atomic mass is 10.2. The third-order valence-corrected chi connectivity index (χ3v) is 3.93. The van der Waals surface area contributed by atoms with Crippen molar-refractivity contribution >= 4 is 11.6 Å². The van der Waals surface area contributed by atoms with Gasteiger partial charge in [0.05, 0.1) is 5.69 Å². The van der Waals surface area contributed by atoms with E-state index < -0.39 is 0 Å². The molecule has 0 aliphatic rings. The molecule has 1 amide bonds. The van der Waals surface area contributed by atoms with Gasteiger partial charge in [-0.25, -0.2) is 19.6 Å². The zero-order valence-electron chi connectivity index (χ0n) is 13.5. The summed E-state index contributed by atoms with van der Waals surface area (Å²) in [6, 6.07) is 9.37. The highest BCUT2D eigenvalue weighted by atomic mass is 16.1. The first-order valence-electron chi connectivity index (χ1n) is 7.75. The maximum absolute atomic E-state index is 12.6. The van der Waals surface area contributed by atoms with Crippen LogP contribution in [0.5, 0.6) is 0 Å². The number of imidazole rings is 1. The summed E-state index contributed by atoms with van der Waals surface area (Å²) in [7, 11) is 0. The standard InChI is InChI=1S/C17H15N7O/c1-12-15(22-14-6-2-3-8-23(12)14)17(25)20-9-13-5-4-7-19-16(13)24-11-18-10-21-24/h2-8,10-11H,9H2,1H3,(H,20,25). The molecule has 4 heterocycles. The molecule has 8 heteroatoms. The number of nitrogens with zero attached hydrogens (tertiary/aromatic N) is 6. The third-order valence-electron chi connectivity index (χ3n) is 3.93. The van der Waals surface area contributed by atoms with Crippen LogP contribution in [0.25, 0.3) is 11.5 Å². The van der Waals surface area contributed by atoms with Crippen LogP contribution < -0.4 is 5.32 Å².